The third-order valence-electron chi connectivity index (χ3n) is 2.25. The Morgan fingerprint density at radius 3 is 2.80 bits per heavy atom. The number of furan rings is 1. The van der Waals surface area contributed by atoms with Crippen molar-refractivity contribution in [1.82, 2.24) is 5.32 Å². The largest absolute Gasteiger partial charge is 0.456 e. The topological polar surface area (TPSA) is 42.2 Å². The molecule has 0 spiro atoms. The summed E-state index contributed by atoms with van der Waals surface area (Å²) in [5.74, 6) is 1.49. The van der Waals surface area contributed by atoms with Gasteiger partial charge in [0.2, 0.25) is 0 Å². The first-order chi connectivity index (χ1) is 7.17. The third kappa shape index (κ3) is 3.59. The number of hydrogen-bond donors (Lipinski definition) is 1. The zero-order valence-electron chi connectivity index (χ0n) is 9.05. The maximum absolute atomic E-state index is 11.7. The van der Waals surface area contributed by atoms with Gasteiger partial charge in [-0.05, 0) is 31.9 Å². The Balaban J connectivity index is 2.54. The molecule has 1 N–H and O–H groups in total. The fraction of sp³-hybridized carbons (Fsp3) is 0.545. The summed E-state index contributed by atoms with van der Waals surface area (Å²) >= 11 is 5.63. The lowest BCUT2D eigenvalue weighted by atomic mass is 10.1. The normalized spacial score (nSPS) is 12.5. The minimum atomic E-state index is -0.167. The van der Waals surface area contributed by atoms with Crippen LogP contribution in [0.5, 0.6) is 0 Å². The van der Waals surface area contributed by atoms with Gasteiger partial charge in [-0.2, -0.15) is 0 Å². The third-order valence-corrected chi connectivity index (χ3v) is 2.47. The van der Waals surface area contributed by atoms with Gasteiger partial charge in [0.05, 0.1) is 0 Å². The molecule has 1 aromatic rings. The van der Waals surface area contributed by atoms with E-state index in [1.54, 1.807) is 12.1 Å². The van der Waals surface area contributed by atoms with Gasteiger partial charge in [0, 0.05) is 11.9 Å². The molecule has 0 aliphatic heterocycles. The maximum Gasteiger partial charge on any atom is 0.287 e. The second-order valence-electron chi connectivity index (χ2n) is 3.47. The highest BCUT2D eigenvalue weighted by atomic mass is 35.5. The van der Waals surface area contributed by atoms with Crippen LogP contribution in [0.1, 0.15) is 36.1 Å². The quantitative estimate of drug-likeness (QED) is 0.789. The van der Waals surface area contributed by atoms with E-state index < -0.39 is 0 Å². The van der Waals surface area contributed by atoms with Gasteiger partial charge < -0.3 is 9.73 Å². The Morgan fingerprint density at radius 1 is 1.60 bits per heavy atom. The number of aryl methyl sites for hydroxylation is 1. The van der Waals surface area contributed by atoms with E-state index in [0.717, 1.165) is 18.6 Å². The maximum atomic E-state index is 11.7. The van der Waals surface area contributed by atoms with Crippen molar-refractivity contribution in [2.75, 3.05) is 5.88 Å². The van der Waals surface area contributed by atoms with Gasteiger partial charge in [-0.1, -0.05) is 6.92 Å². The molecule has 0 saturated carbocycles. The number of hydrogen-bond acceptors (Lipinski definition) is 2. The van der Waals surface area contributed by atoms with Gasteiger partial charge in [-0.25, -0.2) is 0 Å². The van der Waals surface area contributed by atoms with Crippen LogP contribution < -0.4 is 5.32 Å². The van der Waals surface area contributed by atoms with Crippen LogP contribution in [0.25, 0.3) is 0 Å². The molecule has 0 bridgehead atoms. The summed E-state index contributed by atoms with van der Waals surface area (Å²) in [7, 11) is 0. The lowest BCUT2D eigenvalue weighted by molar-refractivity contribution is 0.0905. The fourth-order valence-corrected chi connectivity index (χ4v) is 1.59. The molecule has 84 valence electrons. The SMILES string of the molecule is CCC(CCCl)NC(=O)c1ccc(C)o1. The zero-order valence-corrected chi connectivity index (χ0v) is 9.80. The summed E-state index contributed by atoms with van der Waals surface area (Å²) in [6.45, 7) is 3.83. The van der Waals surface area contributed by atoms with Crippen LogP contribution in [0.3, 0.4) is 0 Å². The van der Waals surface area contributed by atoms with Crippen LogP contribution >= 0.6 is 11.6 Å². The van der Waals surface area contributed by atoms with Crippen LogP contribution in [0.4, 0.5) is 0 Å². The molecule has 3 nitrogen and oxygen atoms in total. The molecule has 1 atom stereocenters. The van der Waals surface area contributed by atoms with Gasteiger partial charge in [0.15, 0.2) is 5.76 Å². The number of alkyl halides is 1. The summed E-state index contributed by atoms with van der Waals surface area (Å²) in [4.78, 5) is 11.7. The van der Waals surface area contributed by atoms with Crippen molar-refractivity contribution in [2.24, 2.45) is 0 Å². The molecule has 1 unspecified atom stereocenters. The van der Waals surface area contributed by atoms with Crippen molar-refractivity contribution < 1.29 is 9.21 Å². The lowest BCUT2D eigenvalue weighted by Gasteiger charge is -2.14. The molecular weight excluding hydrogens is 214 g/mol. The molecule has 0 radical (unpaired) electrons. The van der Waals surface area contributed by atoms with Crippen molar-refractivity contribution in [1.29, 1.82) is 0 Å². The van der Waals surface area contributed by atoms with Gasteiger partial charge in [0.25, 0.3) is 5.91 Å². The highest BCUT2D eigenvalue weighted by Gasteiger charge is 2.14. The summed E-state index contributed by atoms with van der Waals surface area (Å²) in [5.41, 5.74) is 0. The van der Waals surface area contributed by atoms with Crippen LogP contribution in [0.2, 0.25) is 0 Å². The van der Waals surface area contributed by atoms with E-state index in [4.69, 9.17) is 16.0 Å². The molecule has 0 fully saturated rings. The van der Waals surface area contributed by atoms with Crippen LogP contribution in [-0.2, 0) is 0 Å². The molecule has 0 aliphatic carbocycles. The highest BCUT2D eigenvalue weighted by molar-refractivity contribution is 6.17. The van der Waals surface area contributed by atoms with Crippen LogP contribution in [0, 0.1) is 6.92 Å². The first kappa shape index (κ1) is 12.1. The Hall–Kier alpha value is -0.960. The average molecular weight is 230 g/mol. The van der Waals surface area contributed by atoms with Gasteiger partial charge in [-0.15, -0.1) is 11.6 Å². The molecule has 0 aromatic carbocycles. The van der Waals surface area contributed by atoms with Crippen molar-refractivity contribution in [3.05, 3.63) is 23.7 Å². The van der Waals surface area contributed by atoms with Crippen LogP contribution in [-0.4, -0.2) is 17.8 Å². The number of rotatable bonds is 5. The van der Waals surface area contributed by atoms with E-state index in [2.05, 4.69) is 5.32 Å². The summed E-state index contributed by atoms with van der Waals surface area (Å²) in [6, 6.07) is 3.58. The first-order valence-corrected chi connectivity index (χ1v) is 5.64. The van der Waals surface area contributed by atoms with Crippen molar-refractivity contribution in [2.45, 2.75) is 32.7 Å². The Bertz CT molecular complexity index is 322. The number of amides is 1. The van der Waals surface area contributed by atoms with Crippen LogP contribution in [0.15, 0.2) is 16.5 Å². The summed E-state index contributed by atoms with van der Waals surface area (Å²) < 4.78 is 5.22. The molecule has 15 heavy (non-hydrogen) atoms. The summed E-state index contributed by atoms with van der Waals surface area (Å²) in [6.07, 6.45) is 1.65. The van der Waals surface area contributed by atoms with Gasteiger partial charge >= 0.3 is 0 Å². The number of carbonyl (C=O) groups excluding carboxylic acids is 1. The molecule has 0 saturated heterocycles. The standard InChI is InChI=1S/C11H16ClNO2/c1-3-9(6-7-12)13-11(14)10-5-4-8(2)15-10/h4-5,9H,3,6-7H2,1-2H3,(H,13,14). The molecule has 1 amide bonds. The summed E-state index contributed by atoms with van der Waals surface area (Å²) in [5, 5.41) is 2.88. The van der Waals surface area contributed by atoms with E-state index in [1.807, 2.05) is 13.8 Å². The monoisotopic (exact) mass is 229 g/mol. The van der Waals surface area contributed by atoms with Gasteiger partial charge in [0.1, 0.15) is 5.76 Å². The lowest BCUT2D eigenvalue weighted by Crippen LogP contribution is -2.34. The van der Waals surface area contributed by atoms with Gasteiger partial charge in [-0.3, -0.25) is 4.79 Å². The van der Waals surface area contributed by atoms with Crippen molar-refractivity contribution in [3.63, 3.8) is 0 Å². The van der Waals surface area contributed by atoms with E-state index in [-0.39, 0.29) is 11.9 Å². The number of nitrogens with one attached hydrogen (secondary N) is 1. The molecule has 1 rings (SSSR count). The van der Waals surface area contributed by atoms with E-state index >= 15 is 0 Å². The van der Waals surface area contributed by atoms with E-state index in [9.17, 15) is 4.79 Å². The first-order valence-electron chi connectivity index (χ1n) is 5.10. The number of halogens is 1. The van der Waals surface area contributed by atoms with Crippen molar-refractivity contribution >= 4 is 17.5 Å². The zero-order chi connectivity index (χ0) is 11.3. The second kappa shape index (κ2) is 5.81. The number of carbonyl (C=O) groups is 1. The molecular formula is C11H16ClNO2. The molecule has 0 aliphatic rings. The van der Waals surface area contributed by atoms with E-state index in [1.165, 1.54) is 0 Å². The smallest absolute Gasteiger partial charge is 0.287 e. The molecule has 1 heterocycles. The Kier molecular flexibility index (Phi) is 4.69. The second-order valence-corrected chi connectivity index (χ2v) is 3.84. The fourth-order valence-electron chi connectivity index (χ4n) is 1.32. The predicted molar refractivity (Wildman–Crippen MR) is 60.3 cm³/mol. The Labute approximate surface area is 94.8 Å². The molecule has 4 heteroatoms. The Morgan fingerprint density at radius 2 is 2.33 bits per heavy atom. The average Bonchev–Trinajstić information content (AvgIpc) is 2.64. The minimum absolute atomic E-state index is 0.125. The van der Waals surface area contributed by atoms with E-state index in [0.29, 0.717) is 11.6 Å². The highest BCUT2D eigenvalue weighted by Crippen LogP contribution is 2.07. The van der Waals surface area contributed by atoms with Crippen molar-refractivity contribution in [3.8, 4) is 0 Å². The molecule has 1 aromatic heterocycles. The predicted octanol–water partition coefficient (Wildman–Crippen LogP) is 2.73. The minimum Gasteiger partial charge on any atom is -0.456 e.